The van der Waals surface area contributed by atoms with Crippen molar-refractivity contribution in [2.24, 2.45) is 0 Å². The average molecular weight is 294 g/mol. The minimum Gasteiger partial charge on any atom is -0.368 e. The van der Waals surface area contributed by atoms with Crippen molar-refractivity contribution in [1.29, 1.82) is 0 Å². The number of morpholine rings is 1. The first kappa shape index (κ1) is 16.1. The molecule has 2 heterocycles. The summed E-state index contributed by atoms with van der Waals surface area (Å²) >= 11 is 0. The van der Waals surface area contributed by atoms with Crippen LogP contribution in [0.15, 0.2) is 10.9 Å². The highest BCUT2D eigenvalue weighted by atomic mass is 16.5. The summed E-state index contributed by atoms with van der Waals surface area (Å²) in [5.41, 5.74) is 0.649. The number of aromatic nitrogens is 2. The molecule has 0 bridgehead atoms. The Labute approximate surface area is 125 Å². The van der Waals surface area contributed by atoms with Gasteiger partial charge in [-0.1, -0.05) is 20.8 Å². The van der Waals surface area contributed by atoms with E-state index in [2.05, 4.69) is 41.0 Å². The van der Waals surface area contributed by atoms with E-state index in [1.807, 2.05) is 0 Å². The number of hydrogen-bond donors (Lipinski definition) is 2. The van der Waals surface area contributed by atoms with Crippen LogP contribution in [0.25, 0.3) is 0 Å². The molecule has 1 aliphatic rings. The Bertz CT molecular complexity index is 499. The van der Waals surface area contributed by atoms with Crippen molar-refractivity contribution >= 4 is 0 Å². The first-order chi connectivity index (χ1) is 10.1. The second-order valence-corrected chi connectivity index (χ2v) is 5.82. The Morgan fingerprint density at radius 3 is 3.10 bits per heavy atom. The largest absolute Gasteiger partial charge is 0.368 e. The maximum atomic E-state index is 11.8. The molecular formula is C15H26N4O2. The van der Waals surface area contributed by atoms with Gasteiger partial charge in [-0.05, 0) is 13.0 Å². The summed E-state index contributed by atoms with van der Waals surface area (Å²) in [6.07, 6.45) is 0.978. The van der Waals surface area contributed by atoms with Crippen molar-refractivity contribution in [3.05, 3.63) is 27.9 Å². The summed E-state index contributed by atoms with van der Waals surface area (Å²) in [5.74, 6) is 0.642. The Balaban J connectivity index is 2.09. The summed E-state index contributed by atoms with van der Waals surface area (Å²) in [7, 11) is 0. The van der Waals surface area contributed by atoms with Gasteiger partial charge in [0.2, 0.25) is 0 Å². The van der Waals surface area contributed by atoms with Gasteiger partial charge in [0.15, 0.2) is 0 Å². The van der Waals surface area contributed by atoms with E-state index in [-0.39, 0.29) is 11.7 Å². The molecule has 2 rings (SSSR count). The van der Waals surface area contributed by atoms with Crippen LogP contribution in [0, 0.1) is 0 Å². The molecule has 1 fully saturated rings. The van der Waals surface area contributed by atoms with Gasteiger partial charge in [-0.3, -0.25) is 9.69 Å². The Morgan fingerprint density at radius 2 is 2.38 bits per heavy atom. The maximum Gasteiger partial charge on any atom is 0.251 e. The van der Waals surface area contributed by atoms with Gasteiger partial charge >= 0.3 is 0 Å². The zero-order valence-corrected chi connectivity index (χ0v) is 13.2. The highest BCUT2D eigenvalue weighted by Crippen LogP contribution is 2.18. The number of H-pyrrole nitrogens is 1. The van der Waals surface area contributed by atoms with Crippen LogP contribution < -0.4 is 10.9 Å². The van der Waals surface area contributed by atoms with Gasteiger partial charge in [-0.2, -0.15) is 0 Å². The number of nitrogens with one attached hydrogen (secondary N) is 2. The van der Waals surface area contributed by atoms with Crippen molar-refractivity contribution < 1.29 is 4.74 Å². The van der Waals surface area contributed by atoms with Gasteiger partial charge in [-0.15, -0.1) is 0 Å². The van der Waals surface area contributed by atoms with Crippen LogP contribution in [0.2, 0.25) is 0 Å². The molecule has 0 radical (unpaired) electrons. The van der Waals surface area contributed by atoms with Crippen LogP contribution in [0.3, 0.4) is 0 Å². The van der Waals surface area contributed by atoms with E-state index < -0.39 is 0 Å². The van der Waals surface area contributed by atoms with Crippen molar-refractivity contribution in [2.45, 2.75) is 45.9 Å². The predicted molar refractivity (Wildman–Crippen MR) is 82.3 cm³/mol. The zero-order chi connectivity index (χ0) is 15.2. The molecule has 0 aromatic carbocycles. The summed E-state index contributed by atoms with van der Waals surface area (Å²) < 4.78 is 5.78. The fourth-order valence-corrected chi connectivity index (χ4v) is 2.47. The van der Waals surface area contributed by atoms with Crippen LogP contribution in [0.4, 0.5) is 0 Å². The summed E-state index contributed by atoms with van der Waals surface area (Å²) in [6, 6.07) is 1.91. The molecule has 1 aromatic heterocycles. The van der Waals surface area contributed by atoms with E-state index in [9.17, 15) is 4.79 Å². The number of rotatable bonds is 6. The number of nitrogens with zero attached hydrogens (tertiary/aromatic N) is 2. The molecule has 118 valence electrons. The molecule has 2 N–H and O–H groups in total. The van der Waals surface area contributed by atoms with Gasteiger partial charge in [0.05, 0.1) is 12.3 Å². The predicted octanol–water partition coefficient (Wildman–Crippen LogP) is 1.05. The van der Waals surface area contributed by atoms with E-state index in [0.29, 0.717) is 25.0 Å². The molecule has 0 aliphatic carbocycles. The van der Waals surface area contributed by atoms with Crippen molar-refractivity contribution in [3.8, 4) is 0 Å². The summed E-state index contributed by atoms with van der Waals surface area (Å²) in [5, 5.41) is 3.28. The Kier molecular flexibility index (Phi) is 5.90. The quantitative estimate of drug-likeness (QED) is 0.821. The molecule has 1 aromatic rings. The maximum absolute atomic E-state index is 11.8. The number of hydrogen-bond acceptors (Lipinski definition) is 5. The minimum atomic E-state index is -0.142. The van der Waals surface area contributed by atoms with Crippen LogP contribution in [-0.4, -0.2) is 47.2 Å². The van der Waals surface area contributed by atoms with Crippen LogP contribution in [0.1, 0.15) is 44.8 Å². The van der Waals surface area contributed by atoms with Gasteiger partial charge in [0, 0.05) is 31.7 Å². The normalized spacial score (nSPS) is 20.1. The van der Waals surface area contributed by atoms with Crippen LogP contribution in [-0.2, 0) is 11.3 Å². The zero-order valence-electron chi connectivity index (χ0n) is 13.2. The van der Waals surface area contributed by atoms with Gasteiger partial charge in [-0.25, -0.2) is 4.98 Å². The summed E-state index contributed by atoms with van der Waals surface area (Å²) in [4.78, 5) is 21.5. The fourth-order valence-electron chi connectivity index (χ4n) is 2.47. The van der Waals surface area contributed by atoms with E-state index in [4.69, 9.17) is 4.74 Å². The molecule has 21 heavy (non-hydrogen) atoms. The number of aromatic amines is 1. The third-order valence-electron chi connectivity index (χ3n) is 3.50. The Morgan fingerprint density at radius 1 is 1.57 bits per heavy atom. The van der Waals surface area contributed by atoms with E-state index in [1.54, 1.807) is 6.07 Å². The van der Waals surface area contributed by atoms with Crippen molar-refractivity contribution in [2.75, 3.05) is 26.2 Å². The lowest BCUT2D eigenvalue weighted by molar-refractivity contribution is -0.0344. The molecule has 1 saturated heterocycles. The SMILES string of the molecule is CCCN1CCOC(c2nc(CNC(C)C)cc(=O)[nH]2)C1. The highest BCUT2D eigenvalue weighted by Gasteiger charge is 2.23. The third kappa shape index (κ3) is 4.91. The molecule has 0 saturated carbocycles. The highest BCUT2D eigenvalue weighted by molar-refractivity contribution is 5.05. The molecule has 1 aliphatic heterocycles. The van der Waals surface area contributed by atoms with Crippen LogP contribution >= 0.6 is 0 Å². The molecule has 1 unspecified atom stereocenters. The third-order valence-corrected chi connectivity index (χ3v) is 3.50. The van der Waals surface area contributed by atoms with E-state index >= 15 is 0 Å². The average Bonchev–Trinajstić information content (AvgIpc) is 2.45. The van der Waals surface area contributed by atoms with E-state index in [0.717, 1.165) is 31.7 Å². The number of ether oxygens (including phenoxy) is 1. The standard InChI is InChI=1S/C15H26N4O2/c1-4-5-19-6-7-21-13(10-19)15-17-12(8-14(20)18-15)9-16-11(2)3/h8,11,13,16H,4-7,9-10H2,1-3H3,(H,17,18,20). The lowest BCUT2D eigenvalue weighted by Gasteiger charge is -2.32. The molecule has 0 amide bonds. The van der Waals surface area contributed by atoms with E-state index in [1.165, 1.54) is 0 Å². The first-order valence-corrected chi connectivity index (χ1v) is 7.76. The monoisotopic (exact) mass is 294 g/mol. The second kappa shape index (κ2) is 7.68. The smallest absolute Gasteiger partial charge is 0.251 e. The minimum absolute atomic E-state index is 0.114. The van der Waals surface area contributed by atoms with Crippen LogP contribution in [0.5, 0.6) is 0 Å². The van der Waals surface area contributed by atoms with Gasteiger partial charge in [0.1, 0.15) is 11.9 Å². The molecule has 6 heteroatoms. The second-order valence-electron chi connectivity index (χ2n) is 5.82. The Hall–Kier alpha value is -1.24. The fraction of sp³-hybridized carbons (Fsp3) is 0.733. The first-order valence-electron chi connectivity index (χ1n) is 7.76. The van der Waals surface area contributed by atoms with Gasteiger partial charge in [0.25, 0.3) is 5.56 Å². The molecule has 6 nitrogen and oxygen atoms in total. The lowest BCUT2D eigenvalue weighted by Crippen LogP contribution is -2.39. The molecular weight excluding hydrogens is 268 g/mol. The van der Waals surface area contributed by atoms with Gasteiger partial charge < -0.3 is 15.0 Å². The lowest BCUT2D eigenvalue weighted by atomic mass is 10.2. The topological polar surface area (TPSA) is 70.2 Å². The summed E-state index contributed by atoms with van der Waals surface area (Å²) in [6.45, 7) is 10.4. The molecule has 0 spiro atoms. The molecule has 1 atom stereocenters. The van der Waals surface area contributed by atoms with Crippen molar-refractivity contribution in [1.82, 2.24) is 20.2 Å². The van der Waals surface area contributed by atoms with Crippen molar-refractivity contribution in [3.63, 3.8) is 0 Å².